The van der Waals surface area contributed by atoms with Gasteiger partial charge in [-0.3, -0.25) is 0 Å². The van der Waals surface area contributed by atoms with E-state index in [1.165, 1.54) is 62.2 Å². The van der Waals surface area contributed by atoms with Crippen molar-refractivity contribution in [3.63, 3.8) is 0 Å². The fraction of sp³-hybridized carbons (Fsp3) is 1.00. The number of aliphatic hydroxyl groups is 1. The molecule has 0 aromatic heterocycles. The Balaban J connectivity index is 1.51. The molecule has 3 fully saturated rings. The summed E-state index contributed by atoms with van der Waals surface area (Å²) in [4.78, 5) is 0. The average Bonchev–Trinajstić information content (AvgIpc) is 2.40. The highest BCUT2D eigenvalue weighted by molar-refractivity contribution is 14.1. The van der Waals surface area contributed by atoms with E-state index < -0.39 is 0 Å². The molecule has 20 heavy (non-hydrogen) atoms. The van der Waals surface area contributed by atoms with Gasteiger partial charge in [0.25, 0.3) is 0 Å². The zero-order valence-corrected chi connectivity index (χ0v) is 14.9. The van der Waals surface area contributed by atoms with Gasteiger partial charge in [-0.1, -0.05) is 48.3 Å². The molecule has 0 aromatic carbocycles. The molecule has 3 atom stereocenters. The first-order chi connectivity index (χ1) is 9.78. The molecule has 0 bridgehead atoms. The third kappa shape index (κ3) is 3.53. The summed E-state index contributed by atoms with van der Waals surface area (Å²) in [7, 11) is 0. The monoisotopic (exact) mass is 390 g/mol. The van der Waals surface area contributed by atoms with Gasteiger partial charge in [0.05, 0.1) is 6.10 Å². The Morgan fingerprint density at radius 2 is 1.45 bits per heavy atom. The third-order valence-electron chi connectivity index (χ3n) is 6.71. The van der Waals surface area contributed by atoms with Crippen LogP contribution in [0.15, 0.2) is 0 Å². The van der Waals surface area contributed by atoms with Gasteiger partial charge in [0, 0.05) is 4.43 Å². The molecule has 3 saturated carbocycles. The van der Waals surface area contributed by atoms with E-state index in [2.05, 4.69) is 22.6 Å². The highest BCUT2D eigenvalue weighted by Crippen LogP contribution is 2.46. The van der Waals surface area contributed by atoms with Gasteiger partial charge < -0.3 is 5.11 Å². The first kappa shape index (κ1) is 15.6. The van der Waals surface area contributed by atoms with Crippen LogP contribution >= 0.6 is 22.6 Å². The van der Waals surface area contributed by atoms with Crippen LogP contribution in [-0.2, 0) is 0 Å². The number of rotatable bonds is 4. The Hall–Kier alpha value is 0.690. The third-order valence-corrected chi connectivity index (χ3v) is 7.73. The largest absolute Gasteiger partial charge is 0.393 e. The van der Waals surface area contributed by atoms with E-state index in [0.717, 1.165) is 42.4 Å². The van der Waals surface area contributed by atoms with Crippen LogP contribution in [0.25, 0.3) is 0 Å². The summed E-state index contributed by atoms with van der Waals surface area (Å²) in [6, 6.07) is 0. The molecule has 2 unspecified atom stereocenters. The van der Waals surface area contributed by atoms with Crippen molar-refractivity contribution in [1.29, 1.82) is 0 Å². The summed E-state index contributed by atoms with van der Waals surface area (Å²) < 4.78 is 1.31. The van der Waals surface area contributed by atoms with Crippen molar-refractivity contribution in [3.8, 4) is 0 Å². The number of hydrogen-bond donors (Lipinski definition) is 1. The standard InChI is InChI=1S/C18H31IO/c19-12-18(16-5-2-6-17(20)11-16)15-9-7-14(8-10-15)13-3-1-4-13/h13-18,20H,1-12H2/t14-,15+,16?,17-,18?/m0/s1. The van der Waals surface area contributed by atoms with E-state index in [4.69, 9.17) is 0 Å². The molecular weight excluding hydrogens is 359 g/mol. The van der Waals surface area contributed by atoms with Gasteiger partial charge in [0.2, 0.25) is 0 Å². The smallest absolute Gasteiger partial charge is 0.0543 e. The van der Waals surface area contributed by atoms with Crippen molar-refractivity contribution in [2.45, 2.75) is 76.7 Å². The van der Waals surface area contributed by atoms with E-state index in [1.807, 2.05) is 0 Å². The maximum atomic E-state index is 9.97. The first-order valence-corrected chi connectivity index (χ1v) is 10.5. The van der Waals surface area contributed by atoms with Gasteiger partial charge in [-0.15, -0.1) is 0 Å². The van der Waals surface area contributed by atoms with E-state index >= 15 is 0 Å². The van der Waals surface area contributed by atoms with E-state index in [0.29, 0.717) is 0 Å². The van der Waals surface area contributed by atoms with Gasteiger partial charge in [-0.25, -0.2) is 0 Å². The molecule has 3 aliphatic rings. The normalized spacial score (nSPS) is 41.1. The van der Waals surface area contributed by atoms with Gasteiger partial charge in [0.15, 0.2) is 0 Å². The second-order valence-corrected chi connectivity index (χ2v) is 8.65. The highest BCUT2D eigenvalue weighted by atomic mass is 127. The molecule has 0 radical (unpaired) electrons. The van der Waals surface area contributed by atoms with Crippen molar-refractivity contribution in [3.05, 3.63) is 0 Å². The fourth-order valence-electron chi connectivity index (χ4n) is 5.18. The van der Waals surface area contributed by atoms with Crippen molar-refractivity contribution in [2.75, 3.05) is 4.43 Å². The lowest BCUT2D eigenvalue weighted by molar-refractivity contribution is 0.0525. The minimum Gasteiger partial charge on any atom is -0.393 e. The number of halogens is 1. The Labute approximate surface area is 138 Å². The molecule has 2 heteroatoms. The van der Waals surface area contributed by atoms with E-state index in [9.17, 15) is 5.11 Å². The lowest BCUT2D eigenvalue weighted by Gasteiger charge is -2.43. The van der Waals surface area contributed by atoms with Crippen molar-refractivity contribution >= 4 is 22.6 Å². The number of hydrogen-bond acceptors (Lipinski definition) is 1. The maximum Gasteiger partial charge on any atom is 0.0543 e. The molecular formula is C18H31IO. The lowest BCUT2D eigenvalue weighted by Crippen LogP contribution is -2.34. The van der Waals surface area contributed by atoms with E-state index in [1.54, 1.807) is 0 Å². The van der Waals surface area contributed by atoms with Crippen LogP contribution in [0.1, 0.15) is 70.6 Å². The molecule has 0 aliphatic heterocycles. The average molecular weight is 390 g/mol. The minimum absolute atomic E-state index is 0.00511. The minimum atomic E-state index is 0.00511. The van der Waals surface area contributed by atoms with Gasteiger partial charge in [-0.05, 0) is 74.5 Å². The predicted octanol–water partition coefficient (Wildman–Crippen LogP) is 5.20. The maximum absolute atomic E-state index is 9.97. The Morgan fingerprint density at radius 3 is 2.00 bits per heavy atom. The first-order valence-electron chi connectivity index (χ1n) is 9.02. The lowest BCUT2D eigenvalue weighted by atomic mass is 9.64. The van der Waals surface area contributed by atoms with Crippen LogP contribution in [0.5, 0.6) is 0 Å². The van der Waals surface area contributed by atoms with Gasteiger partial charge in [-0.2, -0.15) is 0 Å². The summed E-state index contributed by atoms with van der Waals surface area (Å²) in [5, 5.41) is 9.97. The van der Waals surface area contributed by atoms with Crippen LogP contribution in [0, 0.1) is 29.6 Å². The summed E-state index contributed by atoms with van der Waals surface area (Å²) in [6.07, 6.45) is 15.4. The molecule has 0 amide bonds. The van der Waals surface area contributed by atoms with Crippen LogP contribution in [0.2, 0.25) is 0 Å². The topological polar surface area (TPSA) is 20.2 Å². The van der Waals surface area contributed by atoms with Crippen molar-refractivity contribution in [2.24, 2.45) is 29.6 Å². The molecule has 0 heterocycles. The molecule has 0 saturated heterocycles. The molecule has 1 nitrogen and oxygen atoms in total. The zero-order valence-electron chi connectivity index (χ0n) is 12.8. The summed E-state index contributed by atoms with van der Waals surface area (Å²) >= 11 is 2.62. The molecule has 3 rings (SSSR count). The highest BCUT2D eigenvalue weighted by Gasteiger charge is 2.36. The quantitative estimate of drug-likeness (QED) is 0.517. The van der Waals surface area contributed by atoms with Crippen LogP contribution < -0.4 is 0 Å². The van der Waals surface area contributed by atoms with Crippen LogP contribution in [0.3, 0.4) is 0 Å². The van der Waals surface area contributed by atoms with Gasteiger partial charge >= 0.3 is 0 Å². The zero-order chi connectivity index (χ0) is 13.9. The van der Waals surface area contributed by atoms with Crippen LogP contribution in [-0.4, -0.2) is 15.6 Å². The Morgan fingerprint density at radius 1 is 0.800 bits per heavy atom. The molecule has 1 N–H and O–H groups in total. The second-order valence-electron chi connectivity index (χ2n) is 7.76. The summed E-state index contributed by atoms with van der Waals surface area (Å²) in [6.45, 7) is 0. The fourth-order valence-corrected chi connectivity index (χ4v) is 6.62. The van der Waals surface area contributed by atoms with Gasteiger partial charge in [0.1, 0.15) is 0 Å². The van der Waals surface area contributed by atoms with Crippen molar-refractivity contribution in [1.82, 2.24) is 0 Å². The molecule has 0 aromatic rings. The Bertz CT molecular complexity index is 294. The molecule has 116 valence electrons. The van der Waals surface area contributed by atoms with Crippen molar-refractivity contribution < 1.29 is 5.11 Å². The predicted molar refractivity (Wildman–Crippen MR) is 93.1 cm³/mol. The summed E-state index contributed by atoms with van der Waals surface area (Å²) in [5.74, 6) is 4.87. The second kappa shape index (κ2) is 7.30. The number of alkyl halides is 1. The Kier molecular flexibility index (Phi) is 5.69. The number of aliphatic hydroxyl groups excluding tert-OH is 1. The SMILES string of the molecule is O[C@H]1CCCC(C(CI)[C@H]2CC[C@@H](C3CCC3)CC2)C1. The van der Waals surface area contributed by atoms with E-state index in [-0.39, 0.29) is 6.10 Å². The molecule has 0 spiro atoms. The van der Waals surface area contributed by atoms with Crippen LogP contribution in [0.4, 0.5) is 0 Å². The summed E-state index contributed by atoms with van der Waals surface area (Å²) in [5.41, 5.74) is 0. The molecule has 3 aliphatic carbocycles.